The van der Waals surface area contributed by atoms with Gasteiger partial charge in [-0.15, -0.1) is 0 Å². The zero-order chi connectivity index (χ0) is 46.0. The van der Waals surface area contributed by atoms with Crippen LogP contribution in [-0.2, 0) is 27.5 Å². The van der Waals surface area contributed by atoms with E-state index in [1.165, 1.54) is 19.0 Å². The van der Waals surface area contributed by atoms with E-state index in [4.69, 9.17) is 4.18 Å². The number of nitrogens with zero attached hydrogens (tertiary/aromatic N) is 4. The number of carbonyl (C=O) groups is 4. The molecule has 338 valence electrons. The van der Waals surface area contributed by atoms with E-state index in [2.05, 4.69) is 36.3 Å². The number of aromatic nitrogens is 4. The number of rotatable bonds is 15. The van der Waals surface area contributed by atoms with E-state index < -0.39 is 16.0 Å². The smallest absolute Gasteiger partial charge is 0.272 e. The number of hydrogen-bond acceptors (Lipinski definition) is 10. The molecule has 66 heavy (non-hydrogen) atoms. The van der Waals surface area contributed by atoms with Crippen molar-refractivity contribution in [2.75, 3.05) is 30.0 Å². The second kappa shape index (κ2) is 20.7. The first-order valence-electron chi connectivity index (χ1n) is 21.9. The van der Waals surface area contributed by atoms with Gasteiger partial charge in [-0.1, -0.05) is 73.5 Å². The average Bonchev–Trinajstić information content (AvgIpc) is 3.80. The summed E-state index contributed by atoms with van der Waals surface area (Å²) in [7, 11) is -3.60. The molecule has 2 saturated carbocycles. The van der Waals surface area contributed by atoms with E-state index in [9.17, 15) is 27.6 Å². The third-order valence-electron chi connectivity index (χ3n) is 11.9. The van der Waals surface area contributed by atoms with Crippen LogP contribution in [-0.4, -0.2) is 71.1 Å². The van der Waals surface area contributed by atoms with Crippen molar-refractivity contribution in [1.29, 1.82) is 0 Å². The molecule has 2 aliphatic carbocycles. The van der Waals surface area contributed by atoms with E-state index in [0.29, 0.717) is 70.3 Å². The SMILES string of the molecule is CS(=O)(=O)OCc1ccc(C(=O)Nc2cccnc2C(=O)NCC2CCC2)c2ccccc12.O=C(NCC1CCC1)c1ncccc1NC(=O)c1ccc(Cn2cccn2)c2ccccc12. The Balaban J connectivity index is 0.000000179. The summed E-state index contributed by atoms with van der Waals surface area (Å²) >= 11 is 0. The highest BCUT2D eigenvalue weighted by atomic mass is 32.2. The maximum Gasteiger partial charge on any atom is 0.272 e. The topological polar surface area (TPSA) is 203 Å². The van der Waals surface area contributed by atoms with Gasteiger partial charge in [-0.2, -0.15) is 13.5 Å². The maximum atomic E-state index is 13.3. The highest BCUT2D eigenvalue weighted by Crippen LogP contribution is 2.29. The summed E-state index contributed by atoms with van der Waals surface area (Å²) in [6.07, 6.45) is 14.7. The molecule has 4 aromatic carbocycles. The van der Waals surface area contributed by atoms with Crippen molar-refractivity contribution in [2.45, 2.75) is 51.7 Å². The van der Waals surface area contributed by atoms with Crippen molar-refractivity contribution in [2.24, 2.45) is 11.8 Å². The Morgan fingerprint density at radius 3 is 1.53 bits per heavy atom. The van der Waals surface area contributed by atoms with Crippen LogP contribution in [0.4, 0.5) is 11.4 Å². The van der Waals surface area contributed by atoms with Gasteiger partial charge in [0.1, 0.15) is 0 Å². The number of nitrogens with one attached hydrogen (secondary N) is 4. The van der Waals surface area contributed by atoms with Gasteiger partial charge in [0.05, 0.1) is 30.8 Å². The van der Waals surface area contributed by atoms with Crippen LogP contribution < -0.4 is 21.3 Å². The molecule has 0 atom stereocenters. The fraction of sp³-hybridized carbons (Fsp3) is 0.260. The van der Waals surface area contributed by atoms with Crippen molar-refractivity contribution >= 4 is 66.7 Å². The maximum absolute atomic E-state index is 13.3. The highest BCUT2D eigenvalue weighted by Gasteiger charge is 2.23. The molecule has 3 heterocycles. The third-order valence-corrected chi connectivity index (χ3v) is 12.5. The van der Waals surface area contributed by atoms with Gasteiger partial charge in [0.25, 0.3) is 33.7 Å². The molecule has 2 aliphatic rings. The summed E-state index contributed by atoms with van der Waals surface area (Å²) < 4.78 is 29.6. The summed E-state index contributed by atoms with van der Waals surface area (Å²) in [5.74, 6) is -0.219. The van der Waals surface area contributed by atoms with Crippen LogP contribution in [0.5, 0.6) is 0 Å². The van der Waals surface area contributed by atoms with Crippen LogP contribution in [0.3, 0.4) is 0 Å². The zero-order valence-corrected chi connectivity index (χ0v) is 37.2. The lowest BCUT2D eigenvalue weighted by molar-refractivity contribution is 0.0926. The second-order valence-corrected chi connectivity index (χ2v) is 18.2. The molecule has 4 N–H and O–H groups in total. The normalized spacial score (nSPS) is 13.7. The van der Waals surface area contributed by atoms with Gasteiger partial charge in [-0.05, 0) is 113 Å². The molecule has 7 aromatic rings. The van der Waals surface area contributed by atoms with Gasteiger partial charge in [0, 0.05) is 49.0 Å². The Hall–Kier alpha value is -7.30. The first-order chi connectivity index (χ1) is 32.0. The van der Waals surface area contributed by atoms with Crippen LogP contribution in [0.1, 0.15) is 91.3 Å². The van der Waals surface area contributed by atoms with Crippen LogP contribution in [0.15, 0.2) is 128 Å². The molecule has 15 nitrogen and oxygen atoms in total. The van der Waals surface area contributed by atoms with Gasteiger partial charge in [0.15, 0.2) is 11.4 Å². The number of pyridine rings is 2. The number of hydrogen-bond donors (Lipinski definition) is 4. The number of amides is 4. The lowest BCUT2D eigenvalue weighted by atomic mass is 9.85. The van der Waals surface area contributed by atoms with Crippen LogP contribution >= 0.6 is 0 Å². The van der Waals surface area contributed by atoms with Crippen molar-refractivity contribution in [3.05, 3.63) is 162 Å². The van der Waals surface area contributed by atoms with Crippen molar-refractivity contribution in [1.82, 2.24) is 30.4 Å². The van der Waals surface area contributed by atoms with Crippen LogP contribution in [0.25, 0.3) is 21.5 Å². The molecule has 0 spiro atoms. The summed E-state index contributed by atoms with van der Waals surface area (Å²) in [4.78, 5) is 60.2. The fourth-order valence-corrected chi connectivity index (χ4v) is 8.25. The molecular weight excluding hydrogens is 857 g/mol. The minimum absolute atomic E-state index is 0.130. The Kier molecular flexibility index (Phi) is 14.2. The van der Waals surface area contributed by atoms with Crippen molar-refractivity contribution in [3.8, 4) is 0 Å². The number of anilines is 2. The lowest BCUT2D eigenvalue weighted by Crippen LogP contribution is -2.33. The van der Waals surface area contributed by atoms with E-state index in [-0.39, 0.29) is 35.7 Å². The molecule has 2 fully saturated rings. The minimum atomic E-state index is -3.60. The van der Waals surface area contributed by atoms with Crippen LogP contribution in [0, 0.1) is 11.8 Å². The summed E-state index contributed by atoms with van der Waals surface area (Å²) in [5, 5.41) is 19.0. The number of fused-ring (bicyclic) bond motifs is 2. The fourth-order valence-electron chi connectivity index (χ4n) is 7.91. The molecule has 9 rings (SSSR count). The van der Waals surface area contributed by atoms with Crippen LogP contribution in [0.2, 0.25) is 0 Å². The highest BCUT2D eigenvalue weighted by molar-refractivity contribution is 7.85. The van der Waals surface area contributed by atoms with E-state index in [1.807, 2.05) is 53.3 Å². The molecule has 0 radical (unpaired) electrons. The van der Waals surface area contributed by atoms with Gasteiger partial charge < -0.3 is 21.3 Å². The Labute approximate surface area is 382 Å². The van der Waals surface area contributed by atoms with Crippen molar-refractivity contribution in [3.63, 3.8) is 0 Å². The molecule has 3 aromatic heterocycles. The standard InChI is InChI=1S/C26H25N5O2.C24H25N3O5S/c32-25(30-23-10-4-13-27-24(23)26(33)28-16-18-6-3-7-18)22-12-11-19(17-31-15-5-14-29-31)20-8-1-2-9-21(20)22;1-33(30,31)32-15-17-11-12-20(19-9-3-2-8-18(17)19)23(28)27-21-10-5-13-25-22(21)24(29)26-14-16-6-4-7-16/h1-2,4-5,8-15,18H,3,6-7,16-17H2,(H,28,33)(H,30,32);2-3,5,8-13,16H,4,6-7,14-15H2,1H3,(H,26,29)(H,27,28). The number of carbonyl (C=O) groups excluding carboxylic acids is 4. The molecule has 0 bridgehead atoms. The van der Waals surface area contributed by atoms with E-state index in [1.54, 1.807) is 73.1 Å². The number of benzene rings is 4. The zero-order valence-electron chi connectivity index (χ0n) is 36.4. The van der Waals surface area contributed by atoms with E-state index >= 15 is 0 Å². The molecule has 0 aliphatic heterocycles. The third kappa shape index (κ3) is 11.1. The molecule has 0 unspecified atom stereocenters. The first kappa shape index (κ1) is 45.3. The molecular formula is C50H50N8O7S. The van der Waals surface area contributed by atoms with Gasteiger partial charge >= 0.3 is 0 Å². The summed E-state index contributed by atoms with van der Waals surface area (Å²) in [5.41, 5.74) is 3.75. The largest absolute Gasteiger partial charge is 0.350 e. The predicted octanol–water partition coefficient (Wildman–Crippen LogP) is 7.76. The van der Waals surface area contributed by atoms with Gasteiger partial charge in [-0.25, -0.2) is 9.97 Å². The molecule has 4 amide bonds. The summed E-state index contributed by atoms with van der Waals surface area (Å²) in [6, 6.07) is 30.7. The van der Waals surface area contributed by atoms with Crippen molar-refractivity contribution < 1.29 is 31.8 Å². The minimum Gasteiger partial charge on any atom is -0.350 e. The average molecular weight is 907 g/mol. The first-order valence-corrected chi connectivity index (χ1v) is 23.7. The Morgan fingerprint density at radius 1 is 0.591 bits per heavy atom. The van der Waals surface area contributed by atoms with E-state index in [0.717, 1.165) is 48.3 Å². The monoisotopic (exact) mass is 906 g/mol. The Morgan fingerprint density at radius 2 is 1.08 bits per heavy atom. The molecule has 0 saturated heterocycles. The Bertz CT molecular complexity index is 3010. The molecule has 16 heteroatoms. The predicted molar refractivity (Wildman–Crippen MR) is 253 cm³/mol. The van der Waals surface area contributed by atoms with Gasteiger partial charge in [-0.3, -0.25) is 28.0 Å². The quantitative estimate of drug-likeness (QED) is 0.0737. The summed E-state index contributed by atoms with van der Waals surface area (Å²) in [6.45, 7) is 1.73. The second-order valence-electron chi connectivity index (χ2n) is 16.5. The van der Waals surface area contributed by atoms with Gasteiger partial charge in [0.2, 0.25) is 0 Å². The lowest BCUT2D eigenvalue weighted by Gasteiger charge is -2.25.